The molecule has 2 aliphatic rings. The second kappa shape index (κ2) is 15.5. The van der Waals surface area contributed by atoms with Crippen LogP contribution < -0.4 is 24.3 Å². The van der Waals surface area contributed by atoms with Crippen molar-refractivity contribution in [3.63, 3.8) is 0 Å². The Kier molecular flexibility index (Phi) is 11.3. The second-order valence-corrected chi connectivity index (χ2v) is 13.0. The lowest BCUT2D eigenvalue weighted by Crippen LogP contribution is -2.38. The van der Waals surface area contributed by atoms with Gasteiger partial charge in [-0.05, 0) is 104 Å². The smallest absolute Gasteiger partial charge is 0.314 e. The van der Waals surface area contributed by atoms with Gasteiger partial charge in [-0.1, -0.05) is 56.5 Å². The molecule has 246 valence electrons. The van der Waals surface area contributed by atoms with E-state index in [0.29, 0.717) is 24.1 Å². The van der Waals surface area contributed by atoms with Crippen molar-refractivity contribution in [3.05, 3.63) is 83.4 Å². The number of allylic oxidation sites excluding steroid dienone is 1. The molecule has 0 saturated heterocycles. The van der Waals surface area contributed by atoms with Crippen molar-refractivity contribution >= 4 is 17.1 Å². The highest BCUT2D eigenvalue weighted by Gasteiger charge is 2.23. The van der Waals surface area contributed by atoms with Crippen LogP contribution in [0.25, 0.3) is 11.1 Å². The molecule has 1 saturated carbocycles. The van der Waals surface area contributed by atoms with Gasteiger partial charge in [0.05, 0.1) is 5.41 Å². The number of esters is 1. The lowest BCUT2D eigenvalue weighted by molar-refractivity contribution is -0.159. The lowest BCUT2D eigenvalue weighted by Gasteiger charge is -2.24. The summed E-state index contributed by atoms with van der Waals surface area (Å²) in [5.41, 5.74) is 4.69. The summed E-state index contributed by atoms with van der Waals surface area (Å²) in [5, 5.41) is 14.0. The van der Waals surface area contributed by atoms with Gasteiger partial charge in [-0.2, -0.15) is 0 Å². The van der Waals surface area contributed by atoms with E-state index < -0.39 is 11.5 Å². The molecule has 8 heteroatoms. The van der Waals surface area contributed by atoms with E-state index in [4.69, 9.17) is 23.7 Å². The van der Waals surface area contributed by atoms with E-state index in [1.165, 1.54) is 32.1 Å². The highest BCUT2D eigenvalue weighted by molar-refractivity contribution is 5.99. The number of rotatable bonds is 13. The first kappa shape index (κ1) is 33.4. The molecule has 3 aromatic carbocycles. The predicted octanol–water partition coefficient (Wildman–Crippen LogP) is 7.37. The maximum Gasteiger partial charge on any atom is 0.314 e. The Morgan fingerprint density at radius 1 is 0.870 bits per heavy atom. The standard InChI is InChI=1S/C38H47NO7/c1-5-33(28-15-20-34-35(21-28)45-25-44-34)36(27-13-18-32(19-14-27)43-24-46-37(41)38(2,3)4)26-11-16-31(17-12-26)42-23-30(40)22-39-29-9-7-6-8-10-29/h11-21,29-30,39-40H,5-10,22-25H2,1-4H3/b36-33+. The van der Waals surface area contributed by atoms with Crippen molar-refractivity contribution in [2.24, 2.45) is 5.41 Å². The van der Waals surface area contributed by atoms with Crippen LogP contribution in [0, 0.1) is 5.41 Å². The topological polar surface area (TPSA) is 95.5 Å². The Bertz CT molecular complexity index is 1470. The lowest BCUT2D eigenvalue weighted by atomic mass is 9.88. The van der Waals surface area contributed by atoms with Crippen LogP contribution in [0.3, 0.4) is 0 Å². The van der Waals surface area contributed by atoms with Gasteiger partial charge < -0.3 is 34.1 Å². The molecular weight excluding hydrogens is 582 g/mol. The minimum atomic E-state index is -0.593. The molecule has 0 aromatic heterocycles. The summed E-state index contributed by atoms with van der Waals surface area (Å²) in [6.07, 6.45) is 6.38. The molecule has 0 bridgehead atoms. The quantitative estimate of drug-likeness (QED) is 0.115. The van der Waals surface area contributed by atoms with E-state index in [9.17, 15) is 9.90 Å². The zero-order valence-corrected chi connectivity index (χ0v) is 27.5. The Labute approximate surface area is 272 Å². The molecular formula is C38H47NO7. The Balaban J connectivity index is 1.33. The first-order valence-electron chi connectivity index (χ1n) is 16.4. The van der Waals surface area contributed by atoms with Gasteiger partial charge >= 0.3 is 5.97 Å². The maximum absolute atomic E-state index is 12.1. The van der Waals surface area contributed by atoms with E-state index in [0.717, 1.165) is 45.8 Å². The van der Waals surface area contributed by atoms with E-state index in [-0.39, 0.29) is 26.2 Å². The molecule has 8 nitrogen and oxygen atoms in total. The minimum absolute atomic E-state index is 0.150. The Morgan fingerprint density at radius 2 is 1.48 bits per heavy atom. The van der Waals surface area contributed by atoms with Gasteiger partial charge in [0.15, 0.2) is 11.5 Å². The number of benzene rings is 3. The van der Waals surface area contributed by atoms with Crippen LogP contribution >= 0.6 is 0 Å². The largest absolute Gasteiger partial charge is 0.491 e. The van der Waals surface area contributed by atoms with Gasteiger partial charge in [0.25, 0.3) is 0 Å². The van der Waals surface area contributed by atoms with Crippen LogP contribution in [0.1, 0.15) is 82.9 Å². The highest BCUT2D eigenvalue weighted by Crippen LogP contribution is 2.40. The number of carbonyl (C=O) groups excluding carboxylic acids is 1. The first-order chi connectivity index (χ1) is 22.2. The molecule has 0 radical (unpaired) electrons. The van der Waals surface area contributed by atoms with Crippen molar-refractivity contribution in [1.82, 2.24) is 5.32 Å². The number of aliphatic hydroxyl groups excluding tert-OH is 1. The SMILES string of the molecule is CC/C(=C(\c1ccc(OCOC(=O)C(C)(C)C)cc1)c1ccc(OCC(O)CNC2CCCCC2)cc1)c1ccc2c(c1)OCO2. The van der Waals surface area contributed by atoms with Gasteiger partial charge in [0.2, 0.25) is 13.6 Å². The van der Waals surface area contributed by atoms with E-state index in [1.54, 1.807) is 0 Å². The molecule has 2 N–H and O–H groups in total. The summed E-state index contributed by atoms with van der Waals surface area (Å²) >= 11 is 0. The van der Waals surface area contributed by atoms with E-state index >= 15 is 0 Å². The third-order valence-electron chi connectivity index (χ3n) is 8.38. The summed E-state index contributed by atoms with van der Waals surface area (Å²) in [7, 11) is 0. The molecule has 3 aromatic rings. The number of fused-ring (bicyclic) bond motifs is 1. The second-order valence-electron chi connectivity index (χ2n) is 13.0. The number of aliphatic hydroxyl groups is 1. The predicted molar refractivity (Wildman–Crippen MR) is 179 cm³/mol. The van der Waals surface area contributed by atoms with Crippen LogP contribution in [0.5, 0.6) is 23.0 Å². The summed E-state index contributed by atoms with van der Waals surface area (Å²) in [6.45, 7) is 8.39. The van der Waals surface area contributed by atoms with Crippen LogP contribution in [0.4, 0.5) is 0 Å². The van der Waals surface area contributed by atoms with Gasteiger partial charge in [0, 0.05) is 12.6 Å². The van der Waals surface area contributed by atoms with Gasteiger partial charge in [-0.25, -0.2) is 0 Å². The molecule has 0 spiro atoms. The van der Waals surface area contributed by atoms with Crippen LogP contribution in [-0.2, 0) is 9.53 Å². The fraction of sp³-hybridized carbons (Fsp3) is 0.447. The number of carbonyl (C=O) groups is 1. The molecule has 0 amide bonds. The van der Waals surface area contributed by atoms with Crippen LogP contribution in [0.15, 0.2) is 66.7 Å². The number of hydrogen-bond acceptors (Lipinski definition) is 8. The third kappa shape index (κ3) is 8.83. The third-order valence-corrected chi connectivity index (χ3v) is 8.38. The summed E-state index contributed by atoms with van der Waals surface area (Å²) in [6, 6.07) is 22.3. The maximum atomic E-state index is 12.1. The molecule has 1 aliphatic carbocycles. The van der Waals surface area contributed by atoms with Crippen molar-refractivity contribution < 1.29 is 33.6 Å². The molecule has 1 unspecified atom stereocenters. The molecule has 1 heterocycles. The number of ether oxygens (including phenoxy) is 5. The van der Waals surface area contributed by atoms with Crippen molar-refractivity contribution in [2.75, 3.05) is 26.7 Å². The monoisotopic (exact) mass is 629 g/mol. The molecule has 1 fully saturated rings. The van der Waals surface area contributed by atoms with Crippen molar-refractivity contribution in [1.29, 1.82) is 0 Å². The van der Waals surface area contributed by atoms with E-state index in [2.05, 4.69) is 30.4 Å². The molecule has 1 atom stereocenters. The normalized spacial score (nSPS) is 16.0. The first-order valence-corrected chi connectivity index (χ1v) is 16.4. The summed E-state index contributed by atoms with van der Waals surface area (Å²) in [4.78, 5) is 12.1. The summed E-state index contributed by atoms with van der Waals surface area (Å²) in [5.74, 6) is 2.47. The van der Waals surface area contributed by atoms with Gasteiger partial charge in [-0.15, -0.1) is 0 Å². The zero-order valence-electron chi connectivity index (χ0n) is 27.5. The fourth-order valence-electron chi connectivity index (χ4n) is 5.79. The number of hydrogen-bond donors (Lipinski definition) is 2. The van der Waals surface area contributed by atoms with Crippen LogP contribution in [0.2, 0.25) is 0 Å². The van der Waals surface area contributed by atoms with Crippen molar-refractivity contribution in [2.45, 2.75) is 78.4 Å². The molecule has 5 rings (SSSR count). The summed E-state index contributed by atoms with van der Waals surface area (Å²) < 4.78 is 28.2. The Morgan fingerprint density at radius 3 is 2.11 bits per heavy atom. The number of nitrogens with one attached hydrogen (secondary N) is 1. The Hall–Kier alpha value is -4.01. The minimum Gasteiger partial charge on any atom is -0.491 e. The van der Waals surface area contributed by atoms with Crippen molar-refractivity contribution in [3.8, 4) is 23.0 Å². The average Bonchev–Trinajstić information content (AvgIpc) is 3.54. The van der Waals surface area contributed by atoms with Gasteiger partial charge in [-0.3, -0.25) is 4.79 Å². The van der Waals surface area contributed by atoms with Gasteiger partial charge in [0.1, 0.15) is 24.2 Å². The van der Waals surface area contributed by atoms with Crippen LogP contribution in [-0.4, -0.2) is 50.0 Å². The molecule has 1 aliphatic heterocycles. The highest BCUT2D eigenvalue weighted by atomic mass is 16.7. The zero-order chi connectivity index (χ0) is 32.5. The molecule has 46 heavy (non-hydrogen) atoms. The average molecular weight is 630 g/mol. The van der Waals surface area contributed by atoms with E-state index in [1.807, 2.05) is 69.3 Å². The fourth-order valence-corrected chi connectivity index (χ4v) is 5.79.